The Morgan fingerprint density at radius 2 is 2.11 bits per heavy atom. The lowest BCUT2D eigenvalue weighted by molar-refractivity contribution is -0.126. The number of nitrogens with one attached hydrogen (secondary N) is 1. The fourth-order valence-electron chi connectivity index (χ4n) is 3.31. The van der Waals surface area contributed by atoms with Gasteiger partial charge in [-0.25, -0.2) is 13.4 Å². The van der Waals surface area contributed by atoms with Crippen molar-refractivity contribution in [3.05, 3.63) is 52.2 Å². The van der Waals surface area contributed by atoms with Gasteiger partial charge in [0.05, 0.1) is 23.1 Å². The van der Waals surface area contributed by atoms with E-state index in [4.69, 9.17) is 0 Å². The van der Waals surface area contributed by atoms with E-state index in [1.165, 1.54) is 15.6 Å². The fourth-order valence-corrected chi connectivity index (χ4v) is 5.82. The smallest absolute Gasteiger partial charge is 0.243 e. The summed E-state index contributed by atoms with van der Waals surface area (Å²) >= 11 is 4.85. The minimum absolute atomic E-state index is 0.132. The molecule has 3 heterocycles. The molecule has 0 bridgehead atoms. The lowest BCUT2D eigenvalue weighted by atomic mass is 9.99. The first-order chi connectivity index (χ1) is 13.4. The number of benzene rings is 1. The van der Waals surface area contributed by atoms with Crippen LogP contribution in [0.15, 0.2) is 51.4 Å². The second kappa shape index (κ2) is 7.94. The summed E-state index contributed by atoms with van der Waals surface area (Å²) in [5.41, 5.74) is 0.787. The van der Waals surface area contributed by atoms with Gasteiger partial charge in [0.2, 0.25) is 15.9 Å². The van der Waals surface area contributed by atoms with Gasteiger partial charge in [-0.3, -0.25) is 9.20 Å². The predicted molar refractivity (Wildman–Crippen MR) is 111 cm³/mol. The van der Waals surface area contributed by atoms with Crippen molar-refractivity contribution in [2.45, 2.75) is 24.3 Å². The Morgan fingerprint density at radius 3 is 2.86 bits per heavy atom. The average Bonchev–Trinajstić information content (AvgIpc) is 3.28. The number of piperidine rings is 1. The molecule has 1 N–H and O–H groups in total. The van der Waals surface area contributed by atoms with E-state index in [0.29, 0.717) is 25.9 Å². The summed E-state index contributed by atoms with van der Waals surface area (Å²) in [7, 11) is -3.60. The van der Waals surface area contributed by atoms with Crippen LogP contribution in [0.4, 0.5) is 0 Å². The van der Waals surface area contributed by atoms with Gasteiger partial charge in [0.25, 0.3) is 0 Å². The molecule has 4 rings (SSSR count). The molecule has 28 heavy (non-hydrogen) atoms. The molecule has 7 nitrogen and oxygen atoms in total. The van der Waals surface area contributed by atoms with E-state index in [-0.39, 0.29) is 23.3 Å². The van der Waals surface area contributed by atoms with Crippen LogP contribution >= 0.6 is 27.3 Å². The number of carbonyl (C=O) groups is 1. The zero-order valence-corrected chi connectivity index (χ0v) is 18.1. The fraction of sp³-hybridized carbons (Fsp3) is 0.333. The number of aromatic nitrogens is 2. The molecule has 10 heteroatoms. The molecule has 1 fully saturated rings. The SMILES string of the molecule is O=C(NCc1cn2ccsc2n1)C1CCCN(S(=O)(=O)c2ccc(Br)cc2)C1. The number of amides is 1. The molecule has 0 radical (unpaired) electrons. The highest BCUT2D eigenvalue weighted by molar-refractivity contribution is 9.10. The number of halogens is 1. The molecule has 1 unspecified atom stereocenters. The number of fused-ring (bicyclic) bond motifs is 1. The third-order valence-corrected chi connectivity index (χ3v) is 7.97. The number of hydrogen-bond donors (Lipinski definition) is 1. The van der Waals surface area contributed by atoms with Crippen LogP contribution in [-0.4, -0.2) is 41.1 Å². The van der Waals surface area contributed by atoms with Crippen molar-refractivity contribution in [1.82, 2.24) is 19.0 Å². The van der Waals surface area contributed by atoms with Crippen LogP contribution in [0, 0.1) is 5.92 Å². The van der Waals surface area contributed by atoms with Gasteiger partial charge in [0.15, 0.2) is 4.96 Å². The summed E-state index contributed by atoms with van der Waals surface area (Å²) in [5.74, 6) is -0.491. The van der Waals surface area contributed by atoms with Crippen LogP contribution in [-0.2, 0) is 21.4 Å². The molecule has 1 atom stereocenters. The van der Waals surface area contributed by atoms with E-state index < -0.39 is 10.0 Å². The van der Waals surface area contributed by atoms with E-state index >= 15 is 0 Å². The normalized spacial score (nSPS) is 18.4. The predicted octanol–water partition coefficient (Wildman–Crippen LogP) is 2.88. The van der Waals surface area contributed by atoms with Crippen molar-refractivity contribution in [1.29, 1.82) is 0 Å². The van der Waals surface area contributed by atoms with E-state index in [1.54, 1.807) is 24.3 Å². The third-order valence-electron chi connectivity index (χ3n) is 4.79. The summed E-state index contributed by atoms with van der Waals surface area (Å²) in [6.45, 7) is 0.963. The number of hydrogen-bond acceptors (Lipinski definition) is 5. The first kappa shape index (κ1) is 19.6. The number of carbonyl (C=O) groups excluding carboxylic acids is 1. The summed E-state index contributed by atoms with van der Waals surface area (Å²) < 4.78 is 29.9. The Morgan fingerprint density at radius 1 is 1.32 bits per heavy atom. The first-order valence-corrected chi connectivity index (χ1v) is 12.0. The standard InChI is InChI=1S/C18H19BrN4O3S2/c19-14-3-5-16(6-4-14)28(25,26)23-7-1-2-13(11-23)17(24)20-10-15-12-22-8-9-27-18(22)21-15/h3-6,8-9,12-13H,1-2,7,10-11H2,(H,20,24). The van der Waals surface area contributed by atoms with Crippen LogP contribution in [0.2, 0.25) is 0 Å². The average molecular weight is 483 g/mol. The van der Waals surface area contributed by atoms with Crippen LogP contribution in [0.1, 0.15) is 18.5 Å². The second-order valence-electron chi connectivity index (χ2n) is 6.70. The maximum atomic E-state index is 12.9. The van der Waals surface area contributed by atoms with Gasteiger partial charge in [0, 0.05) is 35.3 Å². The Bertz CT molecular complexity index is 1060. The number of sulfonamides is 1. The summed E-state index contributed by atoms with van der Waals surface area (Å²) in [4.78, 5) is 18.2. The second-order valence-corrected chi connectivity index (χ2v) is 10.4. The van der Waals surface area contributed by atoms with Crippen molar-refractivity contribution in [3.8, 4) is 0 Å². The van der Waals surface area contributed by atoms with Gasteiger partial charge < -0.3 is 5.32 Å². The van der Waals surface area contributed by atoms with Gasteiger partial charge in [0.1, 0.15) is 0 Å². The third kappa shape index (κ3) is 4.00. The lowest BCUT2D eigenvalue weighted by Crippen LogP contribution is -2.45. The van der Waals surface area contributed by atoms with Gasteiger partial charge in [-0.2, -0.15) is 4.31 Å². The van der Waals surface area contributed by atoms with Gasteiger partial charge in [-0.1, -0.05) is 15.9 Å². The maximum absolute atomic E-state index is 12.9. The summed E-state index contributed by atoms with van der Waals surface area (Å²) in [6, 6.07) is 6.56. The Balaban J connectivity index is 1.40. The minimum atomic E-state index is -3.60. The van der Waals surface area contributed by atoms with Crippen molar-refractivity contribution in [3.63, 3.8) is 0 Å². The van der Waals surface area contributed by atoms with Crippen LogP contribution in [0.25, 0.3) is 4.96 Å². The topological polar surface area (TPSA) is 83.8 Å². The number of imidazole rings is 1. The van der Waals surface area contributed by atoms with Crippen LogP contribution in [0.5, 0.6) is 0 Å². The molecule has 1 aromatic carbocycles. The molecule has 3 aromatic rings. The highest BCUT2D eigenvalue weighted by Crippen LogP contribution is 2.25. The highest BCUT2D eigenvalue weighted by atomic mass is 79.9. The largest absolute Gasteiger partial charge is 0.350 e. The lowest BCUT2D eigenvalue weighted by Gasteiger charge is -2.31. The van der Waals surface area contributed by atoms with Crippen molar-refractivity contribution in [2.75, 3.05) is 13.1 Å². The van der Waals surface area contributed by atoms with E-state index in [9.17, 15) is 13.2 Å². The zero-order chi connectivity index (χ0) is 19.7. The first-order valence-electron chi connectivity index (χ1n) is 8.88. The highest BCUT2D eigenvalue weighted by Gasteiger charge is 2.33. The number of thiazole rings is 1. The molecule has 0 spiro atoms. The molecule has 2 aromatic heterocycles. The molecule has 1 aliphatic heterocycles. The molecule has 1 aliphatic rings. The number of nitrogens with zero attached hydrogens (tertiary/aromatic N) is 3. The van der Waals surface area contributed by atoms with Crippen LogP contribution in [0.3, 0.4) is 0 Å². The molecule has 0 aliphatic carbocycles. The quantitative estimate of drug-likeness (QED) is 0.605. The molecule has 148 valence electrons. The van der Waals surface area contributed by atoms with Crippen molar-refractivity contribution >= 4 is 48.2 Å². The van der Waals surface area contributed by atoms with Crippen molar-refractivity contribution in [2.24, 2.45) is 5.92 Å². The van der Waals surface area contributed by atoms with E-state index in [2.05, 4.69) is 26.2 Å². The Labute approximate surface area is 175 Å². The van der Waals surface area contributed by atoms with E-state index in [1.807, 2.05) is 22.2 Å². The summed E-state index contributed by atoms with van der Waals surface area (Å²) in [5, 5.41) is 4.85. The zero-order valence-electron chi connectivity index (χ0n) is 14.9. The van der Waals surface area contributed by atoms with Gasteiger partial charge >= 0.3 is 0 Å². The van der Waals surface area contributed by atoms with Gasteiger partial charge in [-0.15, -0.1) is 11.3 Å². The maximum Gasteiger partial charge on any atom is 0.243 e. The molecular weight excluding hydrogens is 464 g/mol. The van der Waals surface area contributed by atoms with Crippen molar-refractivity contribution < 1.29 is 13.2 Å². The Kier molecular flexibility index (Phi) is 5.55. The monoisotopic (exact) mass is 482 g/mol. The van der Waals surface area contributed by atoms with E-state index in [0.717, 1.165) is 15.1 Å². The molecule has 1 amide bonds. The molecular formula is C18H19BrN4O3S2. The molecule has 0 saturated carbocycles. The van der Waals surface area contributed by atoms with Gasteiger partial charge in [-0.05, 0) is 37.1 Å². The number of rotatable bonds is 5. The molecule has 1 saturated heterocycles. The van der Waals surface area contributed by atoms with Crippen LogP contribution < -0.4 is 5.32 Å². The Hall–Kier alpha value is -1.75. The summed E-state index contributed by atoms with van der Waals surface area (Å²) in [6.07, 6.45) is 5.14. The minimum Gasteiger partial charge on any atom is -0.350 e.